The predicted molar refractivity (Wildman–Crippen MR) is 79.8 cm³/mol. The molecule has 8 heteroatoms. The molecule has 0 amide bonds. The van der Waals surface area contributed by atoms with Crippen molar-refractivity contribution in [2.24, 2.45) is 0 Å². The van der Waals surface area contributed by atoms with E-state index in [-0.39, 0.29) is 12.0 Å². The molecule has 2 aromatic heterocycles. The summed E-state index contributed by atoms with van der Waals surface area (Å²) < 4.78 is 8.03. The van der Waals surface area contributed by atoms with Crippen LogP contribution >= 0.6 is 15.9 Å². The summed E-state index contributed by atoms with van der Waals surface area (Å²) in [6, 6.07) is 9.71. The van der Waals surface area contributed by atoms with Gasteiger partial charge in [-0.25, -0.2) is 4.68 Å². The Kier molecular flexibility index (Phi) is 3.78. The van der Waals surface area contributed by atoms with E-state index in [1.807, 2.05) is 24.3 Å². The molecule has 106 valence electrons. The second-order valence-electron chi connectivity index (χ2n) is 4.15. The molecule has 0 spiro atoms. The number of nitrogens with zero attached hydrogens (tertiary/aromatic N) is 5. The van der Waals surface area contributed by atoms with E-state index in [9.17, 15) is 0 Å². The fraction of sp³-hybridized carbons (Fsp3) is 0.0769. The van der Waals surface area contributed by atoms with E-state index >= 15 is 0 Å². The molecule has 0 aliphatic heterocycles. The zero-order valence-electron chi connectivity index (χ0n) is 10.8. The number of rotatable bonds is 4. The van der Waals surface area contributed by atoms with Crippen LogP contribution in [0.4, 0.5) is 5.95 Å². The lowest BCUT2D eigenvalue weighted by Crippen LogP contribution is -2.09. The number of ether oxygens (including phenoxy) is 1. The van der Waals surface area contributed by atoms with Gasteiger partial charge >= 0.3 is 6.01 Å². The van der Waals surface area contributed by atoms with E-state index in [1.54, 1.807) is 18.5 Å². The first-order chi connectivity index (χ1) is 10.2. The van der Waals surface area contributed by atoms with Gasteiger partial charge < -0.3 is 10.5 Å². The summed E-state index contributed by atoms with van der Waals surface area (Å²) in [5, 5.41) is 4.05. The third-order valence-electron chi connectivity index (χ3n) is 2.59. The summed E-state index contributed by atoms with van der Waals surface area (Å²) >= 11 is 3.41. The minimum atomic E-state index is 0.0831. The molecular formula is C13H11BrN6O. The van der Waals surface area contributed by atoms with E-state index in [4.69, 9.17) is 10.5 Å². The second kappa shape index (κ2) is 5.88. The molecule has 7 nitrogen and oxygen atoms in total. The molecular weight excluding hydrogens is 336 g/mol. The molecule has 0 saturated heterocycles. The Balaban J connectivity index is 1.79. The standard InChI is InChI=1S/C13H11BrN6O/c14-10-4-1-3-9(7-10)8-21-13-18-11(15)17-12(19-13)20-6-2-5-16-20/h1-7H,8H2,(H2,15,17,18,19). The maximum atomic E-state index is 5.67. The fourth-order valence-corrected chi connectivity index (χ4v) is 2.14. The van der Waals surface area contributed by atoms with Crippen molar-refractivity contribution >= 4 is 21.9 Å². The Labute approximate surface area is 128 Å². The van der Waals surface area contributed by atoms with E-state index in [0.29, 0.717) is 12.6 Å². The van der Waals surface area contributed by atoms with Crippen LogP contribution in [0, 0.1) is 0 Å². The second-order valence-corrected chi connectivity index (χ2v) is 5.06. The third-order valence-corrected chi connectivity index (χ3v) is 3.08. The largest absolute Gasteiger partial charge is 0.458 e. The predicted octanol–water partition coefficient (Wildman–Crippen LogP) is 1.98. The van der Waals surface area contributed by atoms with Crippen LogP contribution in [0.1, 0.15) is 5.56 Å². The van der Waals surface area contributed by atoms with Gasteiger partial charge in [-0.3, -0.25) is 0 Å². The zero-order chi connectivity index (χ0) is 14.7. The lowest BCUT2D eigenvalue weighted by molar-refractivity contribution is 0.279. The van der Waals surface area contributed by atoms with E-state index in [2.05, 4.69) is 36.0 Å². The van der Waals surface area contributed by atoms with Crippen LogP contribution in [0.5, 0.6) is 6.01 Å². The summed E-state index contributed by atoms with van der Waals surface area (Å²) in [6.45, 7) is 0.335. The molecule has 0 bridgehead atoms. The lowest BCUT2D eigenvalue weighted by atomic mass is 10.2. The maximum absolute atomic E-state index is 5.67. The molecule has 21 heavy (non-hydrogen) atoms. The van der Waals surface area contributed by atoms with Gasteiger partial charge in [0.25, 0.3) is 5.95 Å². The minimum absolute atomic E-state index is 0.0831. The lowest BCUT2D eigenvalue weighted by Gasteiger charge is -2.07. The van der Waals surface area contributed by atoms with Crippen molar-refractivity contribution < 1.29 is 4.74 Å². The van der Waals surface area contributed by atoms with Crippen molar-refractivity contribution in [2.75, 3.05) is 5.73 Å². The molecule has 2 N–H and O–H groups in total. The number of anilines is 1. The number of nitrogen functional groups attached to an aromatic ring is 1. The van der Waals surface area contributed by atoms with Crippen LogP contribution < -0.4 is 10.5 Å². The summed E-state index contributed by atoms with van der Waals surface area (Å²) in [5.41, 5.74) is 6.66. The van der Waals surface area contributed by atoms with Crippen LogP contribution in [0.2, 0.25) is 0 Å². The Hall–Kier alpha value is -2.48. The maximum Gasteiger partial charge on any atom is 0.323 e. The fourth-order valence-electron chi connectivity index (χ4n) is 1.69. The van der Waals surface area contributed by atoms with Crippen LogP contribution in [0.25, 0.3) is 5.95 Å². The molecule has 0 unspecified atom stereocenters. The van der Waals surface area contributed by atoms with Crippen LogP contribution in [0.3, 0.4) is 0 Å². The van der Waals surface area contributed by atoms with Gasteiger partial charge in [0, 0.05) is 16.9 Å². The van der Waals surface area contributed by atoms with E-state index < -0.39 is 0 Å². The summed E-state index contributed by atoms with van der Waals surface area (Å²) in [6.07, 6.45) is 3.34. The first kappa shape index (κ1) is 13.5. The molecule has 3 aromatic rings. The van der Waals surface area contributed by atoms with E-state index in [0.717, 1.165) is 10.0 Å². The smallest absolute Gasteiger partial charge is 0.323 e. The average molecular weight is 347 g/mol. The van der Waals surface area contributed by atoms with Gasteiger partial charge in [-0.15, -0.1) is 0 Å². The van der Waals surface area contributed by atoms with Gasteiger partial charge in [0.1, 0.15) is 6.61 Å². The van der Waals surface area contributed by atoms with Crippen molar-refractivity contribution in [3.63, 3.8) is 0 Å². The number of hydrogen-bond acceptors (Lipinski definition) is 6. The normalized spacial score (nSPS) is 10.5. The van der Waals surface area contributed by atoms with Gasteiger partial charge in [-0.05, 0) is 23.8 Å². The summed E-state index contributed by atoms with van der Waals surface area (Å²) in [5.74, 6) is 0.400. The summed E-state index contributed by atoms with van der Waals surface area (Å²) in [4.78, 5) is 12.2. The van der Waals surface area contributed by atoms with Crippen LogP contribution in [0.15, 0.2) is 47.2 Å². The number of halogens is 1. The zero-order valence-corrected chi connectivity index (χ0v) is 12.4. The monoisotopic (exact) mass is 346 g/mol. The van der Waals surface area contributed by atoms with Crippen molar-refractivity contribution in [2.45, 2.75) is 6.61 Å². The molecule has 3 rings (SSSR count). The quantitative estimate of drug-likeness (QED) is 0.776. The molecule has 0 aliphatic carbocycles. The number of hydrogen-bond donors (Lipinski definition) is 1. The minimum Gasteiger partial charge on any atom is -0.458 e. The van der Waals surface area contributed by atoms with Gasteiger partial charge in [-0.1, -0.05) is 28.1 Å². The molecule has 0 saturated carbocycles. The Morgan fingerprint density at radius 3 is 2.86 bits per heavy atom. The topological polar surface area (TPSA) is 91.7 Å². The van der Waals surface area contributed by atoms with E-state index in [1.165, 1.54) is 4.68 Å². The molecule has 0 aliphatic rings. The number of aromatic nitrogens is 5. The van der Waals surface area contributed by atoms with Gasteiger partial charge in [0.2, 0.25) is 5.95 Å². The van der Waals surface area contributed by atoms with Gasteiger partial charge in [-0.2, -0.15) is 20.1 Å². The summed E-state index contributed by atoms with van der Waals surface area (Å²) in [7, 11) is 0. The van der Waals surface area contributed by atoms with Crippen molar-refractivity contribution in [3.05, 3.63) is 52.8 Å². The number of benzene rings is 1. The first-order valence-corrected chi connectivity index (χ1v) is 6.89. The van der Waals surface area contributed by atoms with Crippen molar-refractivity contribution in [3.8, 4) is 12.0 Å². The molecule has 0 atom stereocenters. The van der Waals surface area contributed by atoms with Crippen molar-refractivity contribution in [1.29, 1.82) is 0 Å². The van der Waals surface area contributed by atoms with Crippen LogP contribution in [-0.2, 0) is 6.61 Å². The Morgan fingerprint density at radius 1 is 1.19 bits per heavy atom. The highest BCUT2D eigenvalue weighted by Gasteiger charge is 2.08. The Morgan fingerprint density at radius 2 is 2.10 bits per heavy atom. The first-order valence-electron chi connectivity index (χ1n) is 6.09. The molecule has 1 aromatic carbocycles. The number of nitrogens with two attached hydrogens (primary N) is 1. The molecule has 0 radical (unpaired) electrons. The average Bonchev–Trinajstić information content (AvgIpc) is 2.99. The van der Waals surface area contributed by atoms with Crippen molar-refractivity contribution in [1.82, 2.24) is 24.7 Å². The highest BCUT2D eigenvalue weighted by atomic mass is 79.9. The van der Waals surface area contributed by atoms with Gasteiger partial charge in [0.05, 0.1) is 0 Å². The highest BCUT2D eigenvalue weighted by molar-refractivity contribution is 9.10. The highest BCUT2D eigenvalue weighted by Crippen LogP contribution is 2.14. The Bertz CT molecular complexity index is 746. The van der Waals surface area contributed by atoms with Crippen LogP contribution in [-0.4, -0.2) is 24.7 Å². The SMILES string of the molecule is Nc1nc(OCc2cccc(Br)c2)nc(-n2cccn2)n1. The molecule has 0 fully saturated rings. The molecule has 2 heterocycles. The van der Waals surface area contributed by atoms with Gasteiger partial charge in [0.15, 0.2) is 0 Å². The third kappa shape index (κ3) is 3.34.